The summed E-state index contributed by atoms with van der Waals surface area (Å²) in [7, 11) is 1.61. The van der Waals surface area contributed by atoms with Crippen LogP contribution in [0.4, 0.5) is 5.69 Å². The Morgan fingerprint density at radius 3 is 2.61 bits per heavy atom. The molecule has 0 unspecified atom stereocenters. The van der Waals surface area contributed by atoms with E-state index in [0.29, 0.717) is 24.4 Å². The van der Waals surface area contributed by atoms with E-state index in [1.165, 1.54) is 6.92 Å². The number of amides is 1. The van der Waals surface area contributed by atoms with Crippen molar-refractivity contribution in [2.75, 3.05) is 32.1 Å². The second kappa shape index (κ2) is 8.86. The second-order valence-electron chi connectivity index (χ2n) is 8.53. The van der Waals surface area contributed by atoms with Gasteiger partial charge in [-0.15, -0.1) is 0 Å². The summed E-state index contributed by atoms with van der Waals surface area (Å²) in [4.78, 5) is 13.4. The van der Waals surface area contributed by atoms with Gasteiger partial charge in [-0.1, -0.05) is 12.1 Å². The Kier molecular flexibility index (Phi) is 6.18. The smallest absolute Gasteiger partial charge is 0.221 e. The van der Waals surface area contributed by atoms with E-state index in [-0.39, 0.29) is 11.5 Å². The Labute approximate surface area is 182 Å². The summed E-state index contributed by atoms with van der Waals surface area (Å²) >= 11 is 0. The highest BCUT2D eigenvalue weighted by Crippen LogP contribution is 2.45. The van der Waals surface area contributed by atoms with Crippen LogP contribution in [0.3, 0.4) is 0 Å². The van der Waals surface area contributed by atoms with Crippen LogP contribution in [0.2, 0.25) is 0 Å². The van der Waals surface area contributed by atoms with Crippen molar-refractivity contribution >= 4 is 11.6 Å². The lowest BCUT2D eigenvalue weighted by Crippen LogP contribution is -2.51. The summed E-state index contributed by atoms with van der Waals surface area (Å²) in [5, 5.41) is 24.1. The van der Waals surface area contributed by atoms with Crippen LogP contribution in [0.1, 0.15) is 49.5 Å². The molecule has 4 rings (SSSR count). The third kappa shape index (κ3) is 4.84. The number of likely N-dealkylation sites (tertiary alicyclic amines) is 1. The predicted octanol–water partition coefficient (Wildman–Crippen LogP) is 3.04. The van der Waals surface area contributed by atoms with Crippen LogP contribution in [0.15, 0.2) is 42.5 Å². The van der Waals surface area contributed by atoms with Crippen LogP contribution in [0, 0.1) is 0 Å². The summed E-state index contributed by atoms with van der Waals surface area (Å²) in [5.74, 6) is 1.32. The molecule has 166 valence electrons. The quantitative estimate of drug-likeness (QED) is 0.681. The molecule has 2 heterocycles. The fraction of sp³-hybridized carbons (Fsp3) is 0.458. The van der Waals surface area contributed by atoms with Gasteiger partial charge in [0.05, 0.1) is 19.3 Å². The number of aliphatic hydroxyl groups excluding tert-OH is 2. The number of methoxy groups -OCH3 is 1. The van der Waals surface area contributed by atoms with Crippen molar-refractivity contribution < 1.29 is 24.5 Å². The first-order chi connectivity index (χ1) is 14.9. The Bertz CT molecular complexity index is 922. The van der Waals surface area contributed by atoms with Crippen LogP contribution in [-0.2, 0) is 4.79 Å². The van der Waals surface area contributed by atoms with Crippen molar-refractivity contribution in [3.63, 3.8) is 0 Å². The summed E-state index contributed by atoms with van der Waals surface area (Å²) < 4.78 is 11.6. The number of anilines is 1. The highest BCUT2D eigenvalue weighted by molar-refractivity contribution is 5.88. The van der Waals surface area contributed by atoms with Gasteiger partial charge in [0, 0.05) is 44.2 Å². The van der Waals surface area contributed by atoms with E-state index in [1.54, 1.807) is 19.2 Å². The fourth-order valence-corrected chi connectivity index (χ4v) is 4.54. The zero-order chi connectivity index (χ0) is 22.0. The molecular weight excluding hydrogens is 396 g/mol. The van der Waals surface area contributed by atoms with E-state index in [9.17, 15) is 15.0 Å². The molecule has 7 nitrogen and oxygen atoms in total. The fourth-order valence-electron chi connectivity index (χ4n) is 4.54. The van der Waals surface area contributed by atoms with Gasteiger partial charge in [0.25, 0.3) is 0 Å². The molecule has 2 aromatic carbocycles. The van der Waals surface area contributed by atoms with Crippen molar-refractivity contribution in [3.05, 3.63) is 53.6 Å². The van der Waals surface area contributed by atoms with Gasteiger partial charge < -0.3 is 29.9 Å². The van der Waals surface area contributed by atoms with E-state index < -0.39 is 12.2 Å². The molecule has 0 saturated carbocycles. The number of aliphatic hydroxyl groups is 2. The van der Waals surface area contributed by atoms with E-state index in [2.05, 4.69) is 10.2 Å². The van der Waals surface area contributed by atoms with Gasteiger partial charge in [0.2, 0.25) is 5.91 Å². The van der Waals surface area contributed by atoms with Crippen LogP contribution in [0.5, 0.6) is 11.5 Å². The minimum atomic E-state index is -0.605. The molecule has 1 fully saturated rings. The molecule has 1 amide bonds. The van der Waals surface area contributed by atoms with E-state index >= 15 is 0 Å². The molecule has 1 saturated heterocycles. The SMILES string of the molecule is COc1ccc2c(c1)[C@@H](O)CC1(CCN(C[C@H](O)c3ccc(NC(C)=O)cc3)CC1)O2. The first-order valence-electron chi connectivity index (χ1n) is 10.7. The van der Waals surface area contributed by atoms with Gasteiger partial charge in [0.15, 0.2) is 0 Å². The minimum absolute atomic E-state index is 0.118. The van der Waals surface area contributed by atoms with Crippen molar-refractivity contribution in [1.82, 2.24) is 4.90 Å². The van der Waals surface area contributed by atoms with Crippen LogP contribution < -0.4 is 14.8 Å². The molecule has 7 heteroatoms. The van der Waals surface area contributed by atoms with Crippen LogP contribution >= 0.6 is 0 Å². The maximum atomic E-state index is 11.1. The summed E-state index contributed by atoms with van der Waals surface area (Å²) in [6.07, 6.45) is 0.978. The number of carbonyl (C=O) groups excluding carboxylic acids is 1. The maximum Gasteiger partial charge on any atom is 0.221 e. The van der Waals surface area contributed by atoms with Crippen LogP contribution in [-0.4, -0.2) is 53.4 Å². The zero-order valence-corrected chi connectivity index (χ0v) is 18.0. The van der Waals surface area contributed by atoms with Gasteiger partial charge in [-0.05, 0) is 48.7 Å². The molecule has 0 aromatic heterocycles. The van der Waals surface area contributed by atoms with Gasteiger partial charge in [0.1, 0.15) is 17.1 Å². The number of ether oxygens (including phenoxy) is 2. The predicted molar refractivity (Wildman–Crippen MR) is 117 cm³/mol. The number of nitrogens with zero attached hydrogens (tertiary/aromatic N) is 1. The number of nitrogens with one attached hydrogen (secondary N) is 1. The standard InChI is InChI=1S/C24H30N2O5/c1-16(27)25-18-5-3-17(4-6-18)22(29)15-26-11-9-24(10-12-26)14-21(28)20-13-19(30-2)7-8-23(20)31-24/h3-8,13,21-22,28-29H,9-12,14-15H2,1-2H3,(H,25,27)/t21-,22-/m0/s1. The molecule has 2 aliphatic heterocycles. The monoisotopic (exact) mass is 426 g/mol. The summed E-state index contributed by atoms with van der Waals surface area (Å²) in [6.45, 7) is 3.58. The van der Waals surface area contributed by atoms with Gasteiger partial charge in [-0.3, -0.25) is 4.79 Å². The lowest BCUT2D eigenvalue weighted by atomic mass is 9.81. The first kappa shape index (κ1) is 21.6. The summed E-state index contributed by atoms with van der Waals surface area (Å²) in [6, 6.07) is 12.9. The zero-order valence-electron chi connectivity index (χ0n) is 18.0. The number of hydrogen-bond donors (Lipinski definition) is 3. The lowest BCUT2D eigenvalue weighted by Gasteiger charge is -2.46. The van der Waals surface area contributed by atoms with Gasteiger partial charge in [-0.2, -0.15) is 0 Å². The highest BCUT2D eigenvalue weighted by atomic mass is 16.5. The van der Waals surface area contributed by atoms with Gasteiger partial charge >= 0.3 is 0 Å². The molecule has 0 bridgehead atoms. The molecule has 2 aromatic rings. The van der Waals surface area contributed by atoms with E-state index in [4.69, 9.17) is 9.47 Å². The topological polar surface area (TPSA) is 91.3 Å². The molecule has 0 aliphatic carbocycles. The Hall–Kier alpha value is -2.61. The summed E-state index contributed by atoms with van der Waals surface area (Å²) in [5.41, 5.74) is 1.95. The second-order valence-corrected chi connectivity index (χ2v) is 8.53. The largest absolute Gasteiger partial charge is 0.497 e. The van der Waals surface area contributed by atoms with E-state index in [1.807, 2.05) is 30.3 Å². The highest BCUT2D eigenvalue weighted by Gasteiger charge is 2.43. The molecule has 31 heavy (non-hydrogen) atoms. The molecule has 2 atom stereocenters. The van der Waals surface area contributed by atoms with Crippen molar-refractivity contribution in [2.24, 2.45) is 0 Å². The number of rotatable bonds is 5. The number of benzene rings is 2. The van der Waals surface area contributed by atoms with Crippen molar-refractivity contribution in [1.29, 1.82) is 0 Å². The van der Waals surface area contributed by atoms with Gasteiger partial charge in [-0.25, -0.2) is 0 Å². The number of carbonyl (C=O) groups is 1. The number of piperidine rings is 1. The first-order valence-corrected chi connectivity index (χ1v) is 10.7. The maximum absolute atomic E-state index is 11.1. The Balaban J connectivity index is 1.34. The third-order valence-corrected chi connectivity index (χ3v) is 6.28. The normalized spacial score (nSPS) is 21.1. The Morgan fingerprint density at radius 2 is 1.97 bits per heavy atom. The third-order valence-electron chi connectivity index (χ3n) is 6.28. The number of fused-ring (bicyclic) bond motifs is 1. The minimum Gasteiger partial charge on any atom is -0.497 e. The Morgan fingerprint density at radius 1 is 1.26 bits per heavy atom. The molecular formula is C24H30N2O5. The molecule has 3 N–H and O–H groups in total. The number of hydrogen-bond acceptors (Lipinski definition) is 6. The van der Waals surface area contributed by atoms with Crippen molar-refractivity contribution in [2.45, 2.75) is 44.0 Å². The average molecular weight is 427 g/mol. The molecule has 2 aliphatic rings. The van der Waals surface area contributed by atoms with Crippen LogP contribution in [0.25, 0.3) is 0 Å². The van der Waals surface area contributed by atoms with E-state index in [0.717, 1.165) is 42.8 Å². The molecule has 1 spiro atoms. The lowest BCUT2D eigenvalue weighted by molar-refractivity contribution is -0.114. The number of β-amino-alcohol motifs (C(OH)–C–C–N with tert-alkyl or cyclic N) is 1. The van der Waals surface area contributed by atoms with Crippen molar-refractivity contribution in [3.8, 4) is 11.5 Å². The average Bonchev–Trinajstić information content (AvgIpc) is 2.75. The molecule has 0 radical (unpaired) electrons.